The first-order valence-corrected chi connectivity index (χ1v) is 9.16. The number of fused-ring (bicyclic) bond motifs is 1. The van der Waals surface area contributed by atoms with Crippen molar-refractivity contribution in [3.63, 3.8) is 0 Å². The van der Waals surface area contributed by atoms with E-state index >= 15 is 0 Å². The van der Waals surface area contributed by atoms with Gasteiger partial charge in [-0.05, 0) is 34.7 Å². The standard InChI is InChI=1S/C21H21N3O4/c1-13(2)16-6-3-14(4-7-16)10-19(25)22-21-24-23-20(28-21)11-15-5-8-17-18(9-15)27-12-26-17/h3-9,13H,10-12H2,1-2H3,(H,22,24,25). The van der Waals surface area contributed by atoms with Gasteiger partial charge >= 0.3 is 6.01 Å². The van der Waals surface area contributed by atoms with Gasteiger partial charge in [-0.1, -0.05) is 49.3 Å². The molecule has 28 heavy (non-hydrogen) atoms. The largest absolute Gasteiger partial charge is 0.454 e. The summed E-state index contributed by atoms with van der Waals surface area (Å²) >= 11 is 0. The summed E-state index contributed by atoms with van der Waals surface area (Å²) in [5.74, 6) is 2.10. The van der Waals surface area contributed by atoms with Gasteiger partial charge in [-0.3, -0.25) is 10.1 Å². The van der Waals surface area contributed by atoms with Gasteiger partial charge in [0.05, 0.1) is 12.8 Å². The summed E-state index contributed by atoms with van der Waals surface area (Å²) in [6, 6.07) is 13.8. The minimum Gasteiger partial charge on any atom is -0.454 e. The predicted octanol–water partition coefficient (Wildman–Crippen LogP) is 3.69. The van der Waals surface area contributed by atoms with Crippen LogP contribution in [0.25, 0.3) is 0 Å². The molecule has 7 heteroatoms. The van der Waals surface area contributed by atoms with Crippen LogP contribution in [0.15, 0.2) is 46.9 Å². The molecule has 2 aromatic carbocycles. The summed E-state index contributed by atoms with van der Waals surface area (Å²) in [4.78, 5) is 12.2. The second-order valence-electron chi connectivity index (χ2n) is 6.99. The third-order valence-electron chi connectivity index (χ3n) is 4.52. The van der Waals surface area contributed by atoms with Gasteiger partial charge in [0.25, 0.3) is 0 Å². The highest BCUT2D eigenvalue weighted by Gasteiger charge is 2.15. The molecule has 0 spiro atoms. The molecule has 1 amide bonds. The molecule has 144 valence electrons. The fraction of sp³-hybridized carbons (Fsp3) is 0.286. The molecule has 0 atom stereocenters. The van der Waals surface area contributed by atoms with Crippen LogP contribution in [0.4, 0.5) is 6.01 Å². The molecule has 1 N–H and O–H groups in total. The van der Waals surface area contributed by atoms with Crippen LogP contribution in [0.5, 0.6) is 11.5 Å². The summed E-state index contributed by atoms with van der Waals surface area (Å²) in [5, 5.41) is 10.5. The van der Waals surface area contributed by atoms with Crippen LogP contribution in [0.1, 0.15) is 42.3 Å². The number of amides is 1. The lowest BCUT2D eigenvalue weighted by Gasteiger charge is -2.06. The van der Waals surface area contributed by atoms with Crippen molar-refractivity contribution in [2.75, 3.05) is 12.1 Å². The quantitative estimate of drug-likeness (QED) is 0.703. The van der Waals surface area contributed by atoms with Crippen LogP contribution >= 0.6 is 0 Å². The van der Waals surface area contributed by atoms with E-state index in [1.807, 2.05) is 42.5 Å². The Balaban J connectivity index is 1.34. The molecular weight excluding hydrogens is 358 g/mol. The lowest BCUT2D eigenvalue weighted by Crippen LogP contribution is -2.14. The Bertz CT molecular complexity index is 980. The zero-order valence-corrected chi connectivity index (χ0v) is 15.8. The fourth-order valence-corrected chi connectivity index (χ4v) is 2.97. The highest BCUT2D eigenvalue weighted by Crippen LogP contribution is 2.33. The highest BCUT2D eigenvalue weighted by molar-refractivity contribution is 5.90. The second-order valence-corrected chi connectivity index (χ2v) is 6.99. The Kier molecular flexibility index (Phi) is 4.97. The third kappa shape index (κ3) is 4.14. The molecule has 0 bridgehead atoms. The molecule has 0 saturated heterocycles. The van der Waals surface area contributed by atoms with E-state index < -0.39 is 0 Å². The van der Waals surface area contributed by atoms with Crippen molar-refractivity contribution < 1.29 is 18.7 Å². The molecule has 0 aliphatic carbocycles. The van der Waals surface area contributed by atoms with Crippen molar-refractivity contribution in [1.82, 2.24) is 10.2 Å². The monoisotopic (exact) mass is 379 g/mol. The first-order chi connectivity index (χ1) is 13.6. The molecule has 1 aromatic heterocycles. The molecule has 1 aliphatic heterocycles. The maximum atomic E-state index is 12.2. The van der Waals surface area contributed by atoms with Crippen LogP contribution in [0, 0.1) is 0 Å². The van der Waals surface area contributed by atoms with Crippen molar-refractivity contribution in [2.24, 2.45) is 0 Å². The fourth-order valence-electron chi connectivity index (χ4n) is 2.97. The third-order valence-corrected chi connectivity index (χ3v) is 4.52. The van der Waals surface area contributed by atoms with Crippen LogP contribution in [0.3, 0.4) is 0 Å². The molecule has 1 aliphatic rings. The molecule has 0 unspecified atom stereocenters. The van der Waals surface area contributed by atoms with Crippen molar-refractivity contribution >= 4 is 11.9 Å². The lowest BCUT2D eigenvalue weighted by atomic mass is 10.0. The molecule has 4 rings (SSSR count). The zero-order valence-electron chi connectivity index (χ0n) is 15.8. The number of benzene rings is 2. The van der Waals surface area contributed by atoms with E-state index in [2.05, 4.69) is 29.4 Å². The van der Waals surface area contributed by atoms with Gasteiger partial charge in [0.1, 0.15) is 0 Å². The Hall–Kier alpha value is -3.35. The number of aromatic nitrogens is 2. The van der Waals surface area contributed by atoms with Gasteiger partial charge in [-0.15, -0.1) is 5.10 Å². The van der Waals surface area contributed by atoms with Gasteiger partial charge in [-0.2, -0.15) is 0 Å². The normalized spacial score (nSPS) is 12.4. The van der Waals surface area contributed by atoms with Gasteiger partial charge in [0.2, 0.25) is 18.6 Å². The van der Waals surface area contributed by atoms with E-state index in [4.69, 9.17) is 13.9 Å². The maximum Gasteiger partial charge on any atom is 0.322 e. The topological polar surface area (TPSA) is 86.5 Å². The Labute approximate surface area is 162 Å². The first-order valence-electron chi connectivity index (χ1n) is 9.16. The smallest absolute Gasteiger partial charge is 0.322 e. The molecule has 0 radical (unpaired) electrons. The number of rotatable bonds is 6. The summed E-state index contributed by atoms with van der Waals surface area (Å²) in [7, 11) is 0. The van der Waals surface area contributed by atoms with E-state index in [1.54, 1.807) is 0 Å². The average molecular weight is 379 g/mol. The number of hydrogen-bond acceptors (Lipinski definition) is 6. The number of carbonyl (C=O) groups is 1. The van der Waals surface area contributed by atoms with E-state index in [0.717, 1.165) is 16.9 Å². The van der Waals surface area contributed by atoms with Crippen LogP contribution in [-0.2, 0) is 17.6 Å². The Morgan fingerprint density at radius 2 is 1.79 bits per heavy atom. The number of carbonyl (C=O) groups excluding carboxylic acids is 1. The molecule has 0 fully saturated rings. The number of hydrogen-bond donors (Lipinski definition) is 1. The van der Waals surface area contributed by atoms with Gasteiger partial charge in [0.15, 0.2) is 11.5 Å². The molecule has 2 heterocycles. The summed E-state index contributed by atoms with van der Waals surface area (Å²) in [6.45, 7) is 4.51. The molecule has 3 aromatic rings. The van der Waals surface area contributed by atoms with Gasteiger partial charge < -0.3 is 13.9 Å². The van der Waals surface area contributed by atoms with Crippen molar-refractivity contribution in [2.45, 2.75) is 32.6 Å². The maximum absolute atomic E-state index is 12.2. The van der Waals surface area contributed by atoms with Crippen molar-refractivity contribution in [3.05, 3.63) is 65.0 Å². The van der Waals surface area contributed by atoms with Gasteiger partial charge in [-0.25, -0.2) is 0 Å². The summed E-state index contributed by atoms with van der Waals surface area (Å²) in [5.41, 5.74) is 3.13. The summed E-state index contributed by atoms with van der Waals surface area (Å²) in [6.07, 6.45) is 0.689. The van der Waals surface area contributed by atoms with E-state index in [0.29, 0.717) is 24.0 Å². The highest BCUT2D eigenvalue weighted by atomic mass is 16.7. The van der Waals surface area contributed by atoms with E-state index in [1.165, 1.54) is 5.56 Å². The first kappa shape index (κ1) is 18.0. The number of ether oxygens (including phenoxy) is 2. The van der Waals surface area contributed by atoms with Crippen LogP contribution < -0.4 is 14.8 Å². The van der Waals surface area contributed by atoms with E-state index in [9.17, 15) is 4.79 Å². The molecule has 7 nitrogen and oxygen atoms in total. The predicted molar refractivity (Wildman–Crippen MR) is 103 cm³/mol. The second kappa shape index (κ2) is 7.72. The number of nitrogens with one attached hydrogen (secondary N) is 1. The molecule has 0 saturated carbocycles. The Morgan fingerprint density at radius 1 is 1.04 bits per heavy atom. The average Bonchev–Trinajstić information content (AvgIpc) is 3.31. The SMILES string of the molecule is CC(C)c1ccc(CC(=O)Nc2nnc(Cc3ccc4c(c3)OCO4)o2)cc1. The number of nitrogens with zero attached hydrogens (tertiary/aromatic N) is 2. The van der Waals surface area contributed by atoms with Crippen molar-refractivity contribution in [1.29, 1.82) is 0 Å². The van der Waals surface area contributed by atoms with Gasteiger partial charge in [0, 0.05) is 0 Å². The van der Waals surface area contributed by atoms with Crippen molar-refractivity contribution in [3.8, 4) is 11.5 Å². The number of anilines is 1. The minimum atomic E-state index is -0.199. The lowest BCUT2D eigenvalue weighted by molar-refractivity contribution is -0.115. The van der Waals surface area contributed by atoms with E-state index in [-0.39, 0.29) is 25.1 Å². The minimum absolute atomic E-state index is 0.0968. The zero-order chi connectivity index (χ0) is 19.5. The Morgan fingerprint density at radius 3 is 2.57 bits per heavy atom. The molecular formula is C21H21N3O4. The van der Waals surface area contributed by atoms with Crippen LogP contribution in [0.2, 0.25) is 0 Å². The summed E-state index contributed by atoms with van der Waals surface area (Å²) < 4.78 is 16.2. The van der Waals surface area contributed by atoms with Crippen LogP contribution in [-0.4, -0.2) is 22.9 Å².